The van der Waals surface area contributed by atoms with Gasteiger partial charge in [-0.25, -0.2) is 9.97 Å². The van der Waals surface area contributed by atoms with E-state index in [1.165, 1.54) is 5.56 Å². The maximum atomic E-state index is 5.87. The van der Waals surface area contributed by atoms with Crippen molar-refractivity contribution in [2.24, 2.45) is 0 Å². The number of morpholine rings is 1. The van der Waals surface area contributed by atoms with Crippen LogP contribution in [0.1, 0.15) is 23.2 Å². The summed E-state index contributed by atoms with van der Waals surface area (Å²) in [7, 11) is 0. The van der Waals surface area contributed by atoms with Crippen LogP contribution < -0.4 is 9.47 Å². The van der Waals surface area contributed by atoms with E-state index >= 15 is 0 Å². The number of nitrogens with zero attached hydrogens (tertiary/aromatic N) is 3. The molecule has 1 aromatic heterocycles. The number of aryl methyl sites for hydroxylation is 1. The second-order valence-electron chi connectivity index (χ2n) is 6.13. The minimum Gasteiger partial charge on any atom is -0.486 e. The van der Waals surface area contributed by atoms with E-state index in [2.05, 4.69) is 27.0 Å². The zero-order valence-corrected chi connectivity index (χ0v) is 13.8. The lowest BCUT2D eigenvalue weighted by atomic mass is 10.1. The number of benzene rings is 1. The molecule has 126 valence electrons. The van der Waals surface area contributed by atoms with Crippen LogP contribution in [0.5, 0.6) is 11.5 Å². The Balaban J connectivity index is 1.45. The Morgan fingerprint density at radius 1 is 1.12 bits per heavy atom. The van der Waals surface area contributed by atoms with Crippen molar-refractivity contribution >= 4 is 0 Å². The molecule has 2 aliphatic heterocycles. The van der Waals surface area contributed by atoms with Gasteiger partial charge in [0.05, 0.1) is 6.61 Å². The maximum absolute atomic E-state index is 5.87. The van der Waals surface area contributed by atoms with E-state index in [0.717, 1.165) is 42.7 Å². The molecule has 0 amide bonds. The van der Waals surface area contributed by atoms with Crippen molar-refractivity contribution in [2.45, 2.75) is 19.6 Å². The van der Waals surface area contributed by atoms with Gasteiger partial charge in [0.2, 0.25) is 0 Å². The molecule has 6 nitrogen and oxygen atoms in total. The fourth-order valence-electron chi connectivity index (χ4n) is 3.07. The van der Waals surface area contributed by atoms with Gasteiger partial charge >= 0.3 is 0 Å². The topological polar surface area (TPSA) is 56.7 Å². The lowest BCUT2D eigenvalue weighted by Crippen LogP contribution is -2.38. The van der Waals surface area contributed by atoms with Crippen LogP contribution in [0.25, 0.3) is 0 Å². The van der Waals surface area contributed by atoms with Gasteiger partial charge in [-0.3, -0.25) is 4.90 Å². The van der Waals surface area contributed by atoms with E-state index in [1.54, 1.807) is 6.20 Å². The minimum absolute atomic E-state index is 0.0733. The first-order chi connectivity index (χ1) is 11.8. The average molecular weight is 327 g/mol. The highest BCUT2D eigenvalue weighted by Crippen LogP contribution is 2.31. The monoisotopic (exact) mass is 327 g/mol. The number of hydrogen-bond acceptors (Lipinski definition) is 6. The Labute approximate surface area is 141 Å². The number of aromatic nitrogens is 2. The Hall–Kier alpha value is -2.18. The third kappa shape index (κ3) is 3.34. The van der Waals surface area contributed by atoms with Crippen LogP contribution in [-0.2, 0) is 11.3 Å². The van der Waals surface area contributed by atoms with E-state index in [9.17, 15) is 0 Å². The van der Waals surface area contributed by atoms with Crippen LogP contribution in [0.15, 0.2) is 30.5 Å². The van der Waals surface area contributed by atoms with Gasteiger partial charge in [-0.05, 0) is 30.7 Å². The highest BCUT2D eigenvalue weighted by molar-refractivity contribution is 5.43. The van der Waals surface area contributed by atoms with E-state index in [4.69, 9.17) is 14.2 Å². The normalized spacial score (nSPS) is 20.8. The number of ether oxygens (including phenoxy) is 3. The van der Waals surface area contributed by atoms with Crippen molar-refractivity contribution in [2.75, 3.05) is 32.9 Å². The first kappa shape index (κ1) is 15.4. The summed E-state index contributed by atoms with van der Waals surface area (Å²) in [6.07, 6.45) is 1.72. The fourth-order valence-corrected chi connectivity index (χ4v) is 3.07. The van der Waals surface area contributed by atoms with Crippen molar-refractivity contribution in [3.8, 4) is 11.5 Å². The van der Waals surface area contributed by atoms with Gasteiger partial charge in [0.1, 0.15) is 19.3 Å². The SMILES string of the molecule is Cc1ccnc([C@@H]2CN(Cc3ccc4c(c3)OCCO4)CCO2)n1. The quantitative estimate of drug-likeness (QED) is 0.861. The molecular formula is C18H21N3O3. The summed E-state index contributed by atoms with van der Waals surface area (Å²) in [4.78, 5) is 11.2. The molecule has 0 bridgehead atoms. The summed E-state index contributed by atoms with van der Waals surface area (Å²) in [5.74, 6) is 2.44. The molecule has 6 heteroatoms. The molecule has 24 heavy (non-hydrogen) atoms. The lowest BCUT2D eigenvalue weighted by Gasteiger charge is -2.32. The highest BCUT2D eigenvalue weighted by Gasteiger charge is 2.24. The van der Waals surface area contributed by atoms with Crippen LogP contribution in [0, 0.1) is 6.92 Å². The van der Waals surface area contributed by atoms with Crippen LogP contribution in [0.3, 0.4) is 0 Å². The Morgan fingerprint density at radius 3 is 2.88 bits per heavy atom. The van der Waals surface area contributed by atoms with E-state index in [0.29, 0.717) is 19.8 Å². The molecule has 1 atom stereocenters. The average Bonchev–Trinajstić information content (AvgIpc) is 2.62. The molecule has 2 aliphatic rings. The molecule has 2 aromatic rings. The highest BCUT2D eigenvalue weighted by atomic mass is 16.6. The molecule has 3 heterocycles. The first-order valence-electron chi connectivity index (χ1n) is 8.30. The summed E-state index contributed by atoms with van der Waals surface area (Å²) in [5.41, 5.74) is 2.18. The van der Waals surface area contributed by atoms with Crippen molar-refractivity contribution in [1.82, 2.24) is 14.9 Å². The maximum Gasteiger partial charge on any atom is 0.161 e. The van der Waals surface area contributed by atoms with Crippen molar-refractivity contribution < 1.29 is 14.2 Å². The summed E-state index contributed by atoms with van der Waals surface area (Å²) >= 11 is 0. The zero-order valence-electron chi connectivity index (χ0n) is 13.8. The van der Waals surface area contributed by atoms with Gasteiger partial charge in [-0.15, -0.1) is 0 Å². The molecule has 0 N–H and O–H groups in total. The fraction of sp³-hybridized carbons (Fsp3) is 0.444. The molecule has 1 fully saturated rings. The van der Waals surface area contributed by atoms with Crippen LogP contribution in [-0.4, -0.2) is 47.8 Å². The van der Waals surface area contributed by atoms with Gasteiger partial charge in [-0.2, -0.15) is 0 Å². The molecule has 0 saturated carbocycles. The third-order valence-electron chi connectivity index (χ3n) is 4.26. The minimum atomic E-state index is -0.0733. The standard InChI is InChI=1S/C18H21N3O3/c1-13-4-5-19-18(20-13)17-12-21(6-7-22-17)11-14-2-3-15-16(10-14)24-9-8-23-15/h2-5,10,17H,6-9,11-12H2,1H3/t17-/m0/s1. The van der Waals surface area contributed by atoms with E-state index < -0.39 is 0 Å². The predicted octanol–water partition coefficient (Wildman–Crippen LogP) is 2.13. The second-order valence-corrected chi connectivity index (χ2v) is 6.13. The molecule has 0 aliphatic carbocycles. The second kappa shape index (κ2) is 6.75. The molecule has 0 spiro atoms. The Morgan fingerprint density at radius 2 is 2.00 bits per heavy atom. The zero-order chi connectivity index (χ0) is 16.4. The number of hydrogen-bond donors (Lipinski definition) is 0. The molecule has 1 aromatic carbocycles. The Kier molecular flexibility index (Phi) is 4.32. The van der Waals surface area contributed by atoms with E-state index in [1.807, 2.05) is 19.1 Å². The molecule has 0 radical (unpaired) electrons. The van der Waals surface area contributed by atoms with Gasteiger partial charge in [0, 0.05) is 31.5 Å². The summed E-state index contributed by atoms with van der Waals surface area (Å²) < 4.78 is 17.1. The smallest absolute Gasteiger partial charge is 0.161 e. The Bertz CT molecular complexity index is 722. The molecule has 0 unspecified atom stereocenters. The van der Waals surface area contributed by atoms with Crippen molar-refractivity contribution in [1.29, 1.82) is 0 Å². The summed E-state index contributed by atoms with van der Waals surface area (Å²) in [5, 5.41) is 0. The predicted molar refractivity (Wildman–Crippen MR) is 88.2 cm³/mol. The van der Waals surface area contributed by atoms with Gasteiger partial charge in [0.25, 0.3) is 0 Å². The van der Waals surface area contributed by atoms with Crippen LogP contribution >= 0.6 is 0 Å². The number of rotatable bonds is 3. The van der Waals surface area contributed by atoms with Gasteiger partial charge in [0.15, 0.2) is 17.3 Å². The van der Waals surface area contributed by atoms with Crippen LogP contribution in [0.2, 0.25) is 0 Å². The van der Waals surface area contributed by atoms with E-state index in [-0.39, 0.29) is 6.10 Å². The summed E-state index contributed by atoms with van der Waals surface area (Å²) in [6, 6.07) is 8.06. The third-order valence-corrected chi connectivity index (χ3v) is 4.26. The lowest BCUT2D eigenvalue weighted by molar-refractivity contribution is -0.0373. The number of fused-ring (bicyclic) bond motifs is 1. The van der Waals surface area contributed by atoms with Crippen LogP contribution in [0.4, 0.5) is 0 Å². The first-order valence-corrected chi connectivity index (χ1v) is 8.30. The van der Waals surface area contributed by atoms with Gasteiger partial charge in [-0.1, -0.05) is 6.07 Å². The van der Waals surface area contributed by atoms with Crippen molar-refractivity contribution in [3.63, 3.8) is 0 Å². The molecule has 1 saturated heterocycles. The summed E-state index contributed by atoms with van der Waals surface area (Å²) in [6.45, 7) is 6.43. The molecular weight excluding hydrogens is 306 g/mol. The largest absolute Gasteiger partial charge is 0.486 e. The molecule has 4 rings (SSSR count). The van der Waals surface area contributed by atoms with Crippen molar-refractivity contribution in [3.05, 3.63) is 47.5 Å². The van der Waals surface area contributed by atoms with Gasteiger partial charge < -0.3 is 14.2 Å².